The van der Waals surface area contributed by atoms with E-state index < -0.39 is 11.0 Å². The Morgan fingerprint density at radius 3 is 2.44 bits per heavy atom. The molecule has 0 aliphatic heterocycles. The van der Waals surface area contributed by atoms with Gasteiger partial charge in [0, 0.05) is 13.8 Å². The monoisotopic (exact) mass is 147 g/mol. The van der Waals surface area contributed by atoms with Gasteiger partial charge in [0.15, 0.2) is 0 Å². The molecule has 50 valence electrons. The van der Waals surface area contributed by atoms with Gasteiger partial charge in [-0.2, -0.15) is 5.26 Å². The fourth-order valence-electron chi connectivity index (χ4n) is 0.293. The molecule has 0 amide bonds. The van der Waals surface area contributed by atoms with Crippen LogP contribution in [0.5, 0.6) is 0 Å². The largest absolute Gasteiger partial charge is 0.430 e. The number of nitrogens with zero attached hydrogens (tertiary/aromatic N) is 1. The van der Waals surface area contributed by atoms with Crippen molar-refractivity contribution in [1.29, 1.82) is 5.26 Å². The van der Waals surface area contributed by atoms with Gasteiger partial charge in [-0.3, -0.25) is 4.79 Å². The smallest absolute Gasteiger partial charge is 0.305 e. The molecule has 0 rings (SSSR count). The molecule has 0 N–H and O–H groups in total. The second kappa shape index (κ2) is 2.70. The zero-order valence-corrected chi connectivity index (χ0v) is 5.90. The Balaban J connectivity index is 3.91. The van der Waals surface area contributed by atoms with Gasteiger partial charge in [0.2, 0.25) is 0 Å². The Bertz CT molecular complexity index is 159. The maximum Gasteiger partial charge on any atom is 0.305 e. The number of alkyl halides is 1. The van der Waals surface area contributed by atoms with E-state index in [1.54, 1.807) is 6.07 Å². The van der Waals surface area contributed by atoms with Crippen LogP contribution < -0.4 is 0 Å². The maximum absolute atomic E-state index is 10.2. The van der Waals surface area contributed by atoms with Crippen molar-refractivity contribution in [2.24, 2.45) is 0 Å². The topological polar surface area (TPSA) is 50.1 Å². The normalized spacial score (nSPS) is 15.3. The standard InChI is InChI=1S/C5H6ClNO2/c1-4(8)9-5(2,6)3-7/h1-2H3. The first kappa shape index (κ1) is 8.25. The van der Waals surface area contributed by atoms with Crippen LogP contribution in [0.2, 0.25) is 0 Å². The molecule has 1 atom stereocenters. The average molecular weight is 148 g/mol. The lowest BCUT2D eigenvalue weighted by molar-refractivity contribution is -0.145. The summed E-state index contributed by atoms with van der Waals surface area (Å²) in [6.45, 7) is 2.49. The van der Waals surface area contributed by atoms with Crippen LogP contribution in [0, 0.1) is 11.3 Å². The summed E-state index contributed by atoms with van der Waals surface area (Å²) in [5.41, 5.74) is 0. The molecule has 0 fully saturated rings. The van der Waals surface area contributed by atoms with Gasteiger partial charge in [-0.1, -0.05) is 11.6 Å². The molecule has 0 radical (unpaired) electrons. The molecule has 4 heteroatoms. The Labute approximate surface area is 58.2 Å². The van der Waals surface area contributed by atoms with Crippen LogP contribution >= 0.6 is 11.6 Å². The fourth-order valence-corrected chi connectivity index (χ4v) is 0.401. The molecule has 9 heavy (non-hydrogen) atoms. The predicted octanol–water partition coefficient (Wildman–Crippen LogP) is 1.03. The van der Waals surface area contributed by atoms with Crippen LogP contribution in [0.3, 0.4) is 0 Å². The summed E-state index contributed by atoms with van der Waals surface area (Å²) in [6, 6.07) is 1.60. The van der Waals surface area contributed by atoms with Crippen LogP contribution in [-0.4, -0.2) is 11.0 Å². The van der Waals surface area contributed by atoms with Crippen LogP contribution in [-0.2, 0) is 9.53 Å². The van der Waals surface area contributed by atoms with E-state index in [1.807, 2.05) is 0 Å². The number of hydrogen-bond donors (Lipinski definition) is 0. The second-order valence-electron chi connectivity index (χ2n) is 1.62. The molecule has 0 saturated carbocycles. The van der Waals surface area contributed by atoms with E-state index >= 15 is 0 Å². The molecular weight excluding hydrogens is 142 g/mol. The maximum atomic E-state index is 10.2. The number of hydrogen-bond acceptors (Lipinski definition) is 3. The van der Waals surface area contributed by atoms with Crippen molar-refractivity contribution < 1.29 is 9.53 Å². The number of rotatable bonds is 1. The number of nitriles is 1. The molecule has 0 aliphatic carbocycles. The van der Waals surface area contributed by atoms with Gasteiger partial charge in [-0.15, -0.1) is 0 Å². The van der Waals surface area contributed by atoms with Crippen molar-refractivity contribution in [2.45, 2.75) is 18.9 Å². The number of halogens is 1. The lowest BCUT2D eigenvalue weighted by Gasteiger charge is -2.10. The van der Waals surface area contributed by atoms with Gasteiger partial charge in [-0.25, -0.2) is 0 Å². The van der Waals surface area contributed by atoms with E-state index in [0.717, 1.165) is 0 Å². The third-order valence-corrected chi connectivity index (χ3v) is 0.697. The summed E-state index contributed by atoms with van der Waals surface area (Å²) >= 11 is 5.31. The first-order chi connectivity index (χ1) is 3.98. The van der Waals surface area contributed by atoms with Gasteiger partial charge in [0.05, 0.1) is 0 Å². The van der Waals surface area contributed by atoms with Crippen molar-refractivity contribution >= 4 is 17.6 Å². The zero-order chi connectivity index (χ0) is 7.49. The van der Waals surface area contributed by atoms with Crippen LogP contribution in [0.4, 0.5) is 0 Å². The summed E-state index contributed by atoms with van der Waals surface area (Å²) < 4.78 is 4.35. The van der Waals surface area contributed by atoms with Gasteiger partial charge in [0.1, 0.15) is 6.07 Å². The molecule has 0 aromatic rings. The Kier molecular flexibility index (Phi) is 2.47. The molecular formula is C5H6ClNO2. The van der Waals surface area contributed by atoms with Crippen LogP contribution in [0.25, 0.3) is 0 Å². The molecule has 0 spiro atoms. The minimum Gasteiger partial charge on any atom is -0.430 e. The quantitative estimate of drug-likeness (QED) is 0.411. The Hall–Kier alpha value is -0.750. The van der Waals surface area contributed by atoms with Crippen molar-refractivity contribution in [2.75, 3.05) is 0 Å². The SMILES string of the molecule is CC(=O)OC(C)(Cl)C#N. The Morgan fingerprint density at radius 2 is 2.33 bits per heavy atom. The van der Waals surface area contributed by atoms with Crippen LogP contribution in [0.1, 0.15) is 13.8 Å². The minimum absolute atomic E-state index is 0.561. The van der Waals surface area contributed by atoms with Gasteiger partial charge in [-0.05, 0) is 0 Å². The van der Waals surface area contributed by atoms with E-state index in [2.05, 4.69) is 4.74 Å². The predicted molar refractivity (Wildman–Crippen MR) is 31.6 cm³/mol. The van der Waals surface area contributed by atoms with Gasteiger partial charge >= 0.3 is 5.97 Å². The lowest BCUT2D eigenvalue weighted by Crippen LogP contribution is -2.20. The zero-order valence-electron chi connectivity index (χ0n) is 5.14. The summed E-state index contributed by atoms with van der Waals surface area (Å²) in [5, 5.41) is 6.68. The molecule has 3 nitrogen and oxygen atoms in total. The number of ether oxygens (including phenoxy) is 1. The first-order valence-electron chi connectivity index (χ1n) is 2.27. The molecule has 1 unspecified atom stereocenters. The molecule has 0 bridgehead atoms. The highest BCUT2D eigenvalue weighted by molar-refractivity contribution is 6.24. The summed E-state index contributed by atoms with van der Waals surface area (Å²) in [6.07, 6.45) is 0. The van der Waals surface area contributed by atoms with E-state index in [1.165, 1.54) is 13.8 Å². The Morgan fingerprint density at radius 1 is 1.89 bits per heavy atom. The van der Waals surface area contributed by atoms with Crippen molar-refractivity contribution in [3.63, 3.8) is 0 Å². The van der Waals surface area contributed by atoms with Crippen molar-refractivity contribution in [3.8, 4) is 6.07 Å². The third-order valence-electron chi connectivity index (χ3n) is 0.535. The third kappa shape index (κ3) is 3.80. The van der Waals surface area contributed by atoms with Crippen molar-refractivity contribution in [1.82, 2.24) is 0 Å². The summed E-state index contributed by atoms with van der Waals surface area (Å²) in [7, 11) is 0. The van der Waals surface area contributed by atoms with E-state index in [9.17, 15) is 4.79 Å². The minimum atomic E-state index is -1.51. The van der Waals surface area contributed by atoms with E-state index in [4.69, 9.17) is 16.9 Å². The fraction of sp³-hybridized carbons (Fsp3) is 0.600. The summed E-state index contributed by atoms with van der Waals surface area (Å²) in [5.74, 6) is -0.561. The van der Waals surface area contributed by atoms with Crippen molar-refractivity contribution in [3.05, 3.63) is 0 Å². The number of carbonyl (C=O) groups is 1. The molecule has 0 aliphatic rings. The van der Waals surface area contributed by atoms with E-state index in [0.29, 0.717) is 0 Å². The highest BCUT2D eigenvalue weighted by atomic mass is 35.5. The molecule has 0 saturated heterocycles. The average Bonchev–Trinajstić information content (AvgIpc) is 1.63. The first-order valence-corrected chi connectivity index (χ1v) is 2.65. The highest BCUT2D eigenvalue weighted by Crippen LogP contribution is 2.13. The van der Waals surface area contributed by atoms with E-state index in [-0.39, 0.29) is 0 Å². The summed E-state index contributed by atoms with van der Waals surface area (Å²) in [4.78, 5) is 10.2. The van der Waals surface area contributed by atoms with Gasteiger partial charge < -0.3 is 4.74 Å². The second-order valence-corrected chi connectivity index (χ2v) is 2.34. The lowest BCUT2D eigenvalue weighted by atomic mass is 10.4. The number of carbonyl (C=O) groups excluding carboxylic acids is 1. The molecule has 0 heterocycles. The van der Waals surface area contributed by atoms with Crippen LogP contribution in [0.15, 0.2) is 0 Å². The number of esters is 1. The molecule has 0 aromatic carbocycles. The van der Waals surface area contributed by atoms with Gasteiger partial charge in [0.25, 0.3) is 5.06 Å². The molecule has 0 aromatic heterocycles. The highest BCUT2D eigenvalue weighted by Gasteiger charge is 2.22.